The molecule has 2 fully saturated rings. The number of thiophene rings is 1. The molecule has 2 aliphatic rings. The Balaban J connectivity index is 1.48. The number of hydrogen-bond acceptors (Lipinski definition) is 4. The van der Waals surface area contributed by atoms with Crippen molar-refractivity contribution in [3.05, 3.63) is 57.8 Å². The number of hydrogen-bond donors (Lipinski definition) is 2. The smallest absolute Gasteiger partial charge is 0.308 e. The van der Waals surface area contributed by atoms with E-state index in [1.165, 1.54) is 5.56 Å². The van der Waals surface area contributed by atoms with Crippen molar-refractivity contribution in [1.29, 1.82) is 0 Å². The topological polar surface area (TPSA) is 69.6 Å². The number of benzene rings is 1. The first kappa shape index (κ1) is 18.2. The van der Waals surface area contributed by atoms with Gasteiger partial charge >= 0.3 is 5.97 Å². The Hall–Kier alpha value is -2.18. The highest BCUT2D eigenvalue weighted by atomic mass is 32.1. The molecule has 3 heterocycles. The third kappa shape index (κ3) is 3.64. The molecule has 6 heteroatoms. The Kier molecular flexibility index (Phi) is 5.02. The minimum absolute atomic E-state index is 0.00203. The molecule has 27 heavy (non-hydrogen) atoms. The number of nitrogens with zero attached hydrogens (tertiary/aromatic N) is 1. The van der Waals surface area contributed by atoms with Crippen molar-refractivity contribution in [2.45, 2.75) is 44.3 Å². The molecule has 1 amide bonds. The quantitative estimate of drug-likeness (QED) is 0.802. The average molecular weight is 385 g/mol. The van der Waals surface area contributed by atoms with Crippen molar-refractivity contribution >= 4 is 23.2 Å². The zero-order valence-electron chi connectivity index (χ0n) is 15.3. The lowest BCUT2D eigenvalue weighted by Crippen LogP contribution is -2.42. The molecule has 0 saturated carbocycles. The molecule has 2 N–H and O–H groups in total. The van der Waals surface area contributed by atoms with E-state index >= 15 is 0 Å². The van der Waals surface area contributed by atoms with Crippen molar-refractivity contribution in [3.8, 4) is 0 Å². The van der Waals surface area contributed by atoms with E-state index in [4.69, 9.17) is 0 Å². The van der Waals surface area contributed by atoms with Crippen LogP contribution in [0.25, 0.3) is 0 Å². The summed E-state index contributed by atoms with van der Waals surface area (Å²) in [5.41, 5.74) is 2.24. The first-order chi connectivity index (χ1) is 13.0. The molecule has 0 aliphatic carbocycles. The lowest BCUT2D eigenvalue weighted by atomic mass is 9.89. The molecule has 1 aromatic heterocycles. The van der Waals surface area contributed by atoms with Gasteiger partial charge in [-0.3, -0.25) is 14.5 Å². The van der Waals surface area contributed by atoms with Crippen LogP contribution in [-0.2, 0) is 9.59 Å². The predicted molar refractivity (Wildman–Crippen MR) is 105 cm³/mol. The average Bonchev–Trinajstić information content (AvgIpc) is 3.38. The molecule has 2 bridgehead atoms. The predicted octanol–water partition coefficient (Wildman–Crippen LogP) is 3.20. The van der Waals surface area contributed by atoms with Gasteiger partial charge in [-0.05, 0) is 43.2 Å². The van der Waals surface area contributed by atoms with Crippen LogP contribution in [0, 0.1) is 12.8 Å². The van der Waals surface area contributed by atoms with Crippen LogP contribution in [0.3, 0.4) is 0 Å². The third-order valence-electron chi connectivity index (χ3n) is 5.87. The molecule has 0 radical (unpaired) electrons. The monoisotopic (exact) mass is 384 g/mol. The zero-order valence-corrected chi connectivity index (χ0v) is 16.1. The van der Waals surface area contributed by atoms with Crippen molar-refractivity contribution in [2.75, 3.05) is 6.54 Å². The Bertz CT molecular complexity index is 818. The Labute approximate surface area is 163 Å². The van der Waals surface area contributed by atoms with Gasteiger partial charge < -0.3 is 10.4 Å². The van der Waals surface area contributed by atoms with Gasteiger partial charge in [0, 0.05) is 17.0 Å². The lowest BCUT2D eigenvalue weighted by Gasteiger charge is -2.24. The van der Waals surface area contributed by atoms with Gasteiger partial charge in [-0.15, -0.1) is 11.3 Å². The number of carboxylic acids is 1. The molecule has 142 valence electrons. The highest BCUT2D eigenvalue weighted by Gasteiger charge is 2.49. The summed E-state index contributed by atoms with van der Waals surface area (Å²) in [6.45, 7) is 2.32. The molecule has 0 spiro atoms. The van der Waals surface area contributed by atoms with E-state index in [2.05, 4.69) is 34.5 Å². The summed E-state index contributed by atoms with van der Waals surface area (Å²) in [5, 5.41) is 14.6. The van der Waals surface area contributed by atoms with Gasteiger partial charge in [0.25, 0.3) is 0 Å². The minimum Gasteiger partial charge on any atom is -0.481 e. The van der Waals surface area contributed by atoms with Gasteiger partial charge in [0.15, 0.2) is 0 Å². The minimum atomic E-state index is -0.733. The number of aryl methyl sites for hydroxylation is 1. The van der Waals surface area contributed by atoms with Crippen LogP contribution in [-0.4, -0.2) is 40.5 Å². The van der Waals surface area contributed by atoms with E-state index in [0.29, 0.717) is 6.42 Å². The fraction of sp³-hybridized carbons (Fsp3) is 0.429. The second kappa shape index (κ2) is 7.44. The standard InChI is InChI=1S/C21H24N2O3S/c1-13-4-6-14(7-5-13)20(18-3-2-10-27-18)22-19(24)12-23-15-8-9-17(23)16(11-15)21(25)26/h2-7,10,15-17,20H,8-9,11-12H2,1H3,(H,22,24)(H,25,26). The van der Waals surface area contributed by atoms with Gasteiger partial charge in [-0.25, -0.2) is 0 Å². The fourth-order valence-corrected chi connectivity index (χ4v) is 5.32. The Morgan fingerprint density at radius 3 is 2.67 bits per heavy atom. The Morgan fingerprint density at radius 2 is 2.04 bits per heavy atom. The summed E-state index contributed by atoms with van der Waals surface area (Å²) in [6, 6.07) is 12.3. The van der Waals surface area contributed by atoms with E-state index in [0.717, 1.165) is 23.3 Å². The Morgan fingerprint density at radius 1 is 1.26 bits per heavy atom. The second-order valence-electron chi connectivity index (χ2n) is 7.58. The highest BCUT2D eigenvalue weighted by molar-refractivity contribution is 7.10. The largest absolute Gasteiger partial charge is 0.481 e. The molecule has 4 atom stereocenters. The normalized spacial score (nSPS) is 25.4. The summed E-state index contributed by atoms with van der Waals surface area (Å²) in [4.78, 5) is 27.5. The number of fused-ring (bicyclic) bond motifs is 2. The molecule has 2 aliphatic heterocycles. The maximum Gasteiger partial charge on any atom is 0.308 e. The zero-order chi connectivity index (χ0) is 19.0. The van der Waals surface area contributed by atoms with E-state index in [1.807, 2.05) is 24.4 Å². The summed E-state index contributed by atoms with van der Waals surface area (Å²) < 4.78 is 0. The maximum atomic E-state index is 12.8. The third-order valence-corrected chi connectivity index (χ3v) is 6.81. The molecule has 1 aromatic carbocycles. The van der Waals surface area contributed by atoms with Crippen LogP contribution in [0.2, 0.25) is 0 Å². The summed E-state index contributed by atoms with van der Waals surface area (Å²) in [6.07, 6.45) is 2.54. The number of aliphatic carboxylic acids is 1. The van der Waals surface area contributed by atoms with Crippen LogP contribution >= 0.6 is 11.3 Å². The molecule has 4 unspecified atom stereocenters. The first-order valence-corrected chi connectivity index (χ1v) is 10.3. The number of amides is 1. The van der Waals surface area contributed by atoms with Gasteiger partial charge in [0.1, 0.15) is 0 Å². The van der Waals surface area contributed by atoms with Crippen LogP contribution < -0.4 is 5.32 Å². The van der Waals surface area contributed by atoms with Crippen molar-refractivity contribution in [3.63, 3.8) is 0 Å². The van der Waals surface area contributed by atoms with Gasteiger partial charge in [0.05, 0.1) is 18.5 Å². The lowest BCUT2D eigenvalue weighted by molar-refractivity contribution is -0.143. The number of carboxylic acid groups (broad SMARTS) is 1. The highest BCUT2D eigenvalue weighted by Crippen LogP contribution is 2.41. The summed E-state index contributed by atoms with van der Waals surface area (Å²) in [5.74, 6) is -1.11. The van der Waals surface area contributed by atoms with Crippen LogP contribution in [0.4, 0.5) is 0 Å². The van der Waals surface area contributed by atoms with Crippen molar-refractivity contribution < 1.29 is 14.7 Å². The van der Waals surface area contributed by atoms with Crippen LogP contribution in [0.5, 0.6) is 0 Å². The molecular weight excluding hydrogens is 360 g/mol. The first-order valence-electron chi connectivity index (χ1n) is 9.41. The van der Waals surface area contributed by atoms with Crippen LogP contribution in [0.1, 0.15) is 41.3 Å². The fourth-order valence-electron chi connectivity index (χ4n) is 4.52. The van der Waals surface area contributed by atoms with Gasteiger partial charge in [-0.2, -0.15) is 0 Å². The molecule has 4 rings (SSSR count). The van der Waals surface area contributed by atoms with Crippen LogP contribution in [0.15, 0.2) is 41.8 Å². The molecule has 5 nitrogen and oxygen atoms in total. The van der Waals surface area contributed by atoms with Gasteiger partial charge in [-0.1, -0.05) is 35.9 Å². The maximum absolute atomic E-state index is 12.8. The van der Waals surface area contributed by atoms with E-state index in [1.54, 1.807) is 11.3 Å². The van der Waals surface area contributed by atoms with E-state index in [-0.39, 0.29) is 36.5 Å². The molecule has 2 aromatic rings. The number of rotatable bonds is 6. The summed E-state index contributed by atoms with van der Waals surface area (Å²) >= 11 is 1.63. The number of carbonyl (C=O) groups is 2. The number of carbonyl (C=O) groups excluding carboxylic acids is 1. The second-order valence-corrected chi connectivity index (χ2v) is 8.56. The van der Waals surface area contributed by atoms with E-state index in [9.17, 15) is 14.7 Å². The molecular formula is C21H24N2O3S. The molecule has 2 saturated heterocycles. The van der Waals surface area contributed by atoms with E-state index < -0.39 is 5.97 Å². The SMILES string of the molecule is Cc1ccc(C(NC(=O)CN2C3CCC2C(C(=O)O)C3)c2cccs2)cc1. The summed E-state index contributed by atoms with van der Waals surface area (Å²) in [7, 11) is 0. The van der Waals surface area contributed by atoms with Gasteiger partial charge in [0.2, 0.25) is 5.91 Å². The van der Waals surface area contributed by atoms with Crippen molar-refractivity contribution in [1.82, 2.24) is 10.2 Å². The van der Waals surface area contributed by atoms with Crippen molar-refractivity contribution in [2.24, 2.45) is 5.92 Å². The number of nitrogens with one attached hydrogen (secondary N) is 1.